The topological polar surface area (TPSA) is 114 Å². The van der Waals surface area contributed by atoms with Crippen LogP contribution >= 0.6 is 0 Å². The maximum absolute atomic E-state index is 13.4. The molecule has 1 atom stereocenters. The predicted octanol–water partition coefficient (Wildman–Crippen LogP) is 2.96. The van der Waals surface area contributed by atoms with Crippen LogP contribution < -0.4 is 23.8 Å². The molecule has 0 unspecified atom stereocenters. The summed E-state index contributed by atoms with van der Waals surface area (Å²) in [5, 5.41) is 2.85. The number of methoxy groups -OCH3 is 1. The van der Waals surface area contributed by atoms with Gasteiger partial charge in [0, 0.05) is 32.1 Å². The molecule has 2 aromatic carbocycles. The van der Waals surface area contributed by atoms with E-state index in [9.17, 15) is 18.0 Å². The molecule has 208 valence electrons. The number of carbonyl (C=O) groups is 2. The number of anilines is 1. The molecule has 0 saturated heterocycles. The van der Waals surface area contributed by atoms with Gasteiger partial charge in [0.1, 0.15) is 25.0 Å². The fourth-order valence-electron chi connectivity index (χ4n) is 4.10. The molecule has 11 heteroatoms. The minimum atomic E-state index is -3.62. The Morgan fingerprint density at radius 1 is 1.08 bits per heavy atom. The molecule has 38 heavy (non-hydrogen) atoms. The number of nitrogens with zero attached hydrogens (tertiary/aromatic N) is 2. The third kappa shape index (κ3) is 7.77. The minimum absolute atomic E-state index is 0.0676. The first-order valence-corrected chi connectivity index (χ1v) is 14.6. The summed E-state index contributed by atoms with van der Waals surface area (Å²) < 4.78 is 42.8. The fraction of sp³-hybridized carbons (Fsp3) is 0.481. The van der Waals surface area contributed by atoms with Gasteiger partial charge in [-0.25, -0.2) is 8.42 Å². The van der Waals surface area contributed by atoms with Crippen molar-refractivity contribution in [3.8, 4) is 17.2 Å². The van der Waals surface area contributed by atoms with Gasteiger partial charge >= 0.3 is 0 Å². The average Bonchev–Trinajstić information content (AvgIpc) is 2.91. The SMILES string of the molecule is CCCNC(=O)[C@H](C)N(Cc1ccc(OC)cc1)C(=O)CCCN(c1ccc2c(c1)OCCO2)S(C)(=O)=O. The van der Waals surface area contributed by atoms with Gasteiger partial charge < -0.3 is 24.4 Å². The van der Waals surface area contributed by atoms with E-state index in [2.05, 4.69) is 5.32 Å². The summed E-state index contributed by atoms with van der Waals surface area (Å²) in [4.78, 5) is 27.6. The van der Waals surface area contributed by atoms with E-state index < -0.39 is 16.1 Å². The highest BCUT2D eigenvalue weighted by molar-refractivity contribution is 7.92. The molecule has 1 heterocycles. The average molecular weight is 548 g/mol. The lowest BCUT2D eigenvalue weighted by Gasteiger charge is -2.29. The quantitative estimate of drug-likeness (QED) is 0.410. The number of rotatable bonds is 13. The molecule has 1 aliphatic heterocycles. The number of amides is 2. The maximum Gasteiger partial charge on any atom is 0.242 e. The van der Waals surface area contributed by atoms with Crippen LogP contribution in [0.4, 0.5) is 5.69 Å². The van der Waals surface area contributed by atoms with Crippen molar-refractivity contribution in [3.63, 3.8) is 0 Å². The molecule has 3 rings (SSSR count). The normalized spacial score (nSPS) is 13.4. The Hall–Kier alpha value is -3.47. The summed E-state index contributed by atoms with van der Waals surface area (Å²) in [7, 11) is -2.04. The summed E-state index contributed by atoms with van der Waals surface area (Å²) in [5.74, 6) is 1.27. The molecule has 2 aromatic rings. The number of sulfonamides is 1. The number of carbonyl (C=O) groups excluding carboxylic acids is 2. The minimum Gasteiger partial charge on any atom is -0.497 e. The van der Waals surface area contributed by atoms with E-state index >= 15 is 0 Å². The first-order valence-electron chi connectivity index (χ1n) is 12.7. The predicted molar refractivity (Wildman–Crippen MR) is 145 cm³/mol. The second-order valence-corrected chi connectivity index (χ2v) is 11.0. The van der Waals surface area contributed by atoms with E-state index in [0.717, 1.165) is 18.2 Å². The Morgan fingerprint density at radius 2 is 1.76 bits per heavy atom. The molecule has 0 spiro atoms. The molecule has 10 nitrogen and oxygen atoms in total. The van der Waals surface area contributed by atoms with Crippen LogP contribution in [0.5, 0.6) is 17.2 Å². The summed E-state index contributed by atoms with van der Waals surface area (Å²) in [5.41, 5.74) is 1.29. The van der Waals surface area contributed by atoms with Crippen molar-refractivity contribution < 1.29 is 32.2 Å². The van der Waals surface area contributed by atoms with Crippen LogP contribution in [0.2, 0.25) is 0 Å². The Balaban J connectivity index is 1.72. The summed E-state index contributed by atoms with van der Waals surface area (Å²) >= 11 is 0. The zero-order valence-corrected chi connectivity index (χ0v) is 23.3. The van der Waals surface area contributed by atoms with Gasteiger partial charge in [-0.15, -0.1) is 0 Å². The van der Waals surface area contributed by atoms with Crippen LogP contribution in [-0.2, 0) is 26.2 Å². The fourth-order valence-corrected chi connectivity index (χ4v) is 5.05. The molecule has 1 N–H and O–H groups in total. The molecular formula is C27H37N3O7S. The third-order valence-corrected chi connectivity index (χ3v) is 7.39. The Morgan fingerprint density at radius 3 is 2.39 bits per heavy atom. The van der Waals surface area contributed by atoms with Gasteiger partial charge in [0.05, 0.1) is 19.1 Å². The molecule has 1 aliphatic rings. The molecule has 0 bridgehead atoms. The van der Waals surface area contributed by atoms with Gasteiger partial charge in [0.25, 0.3) is 0 Å². The van der Waals surface area contributed by atoms with Crippen LogP contribution in [0.25, 0.3) is 0 Å². The van der Waals surface area contributed by atoms with Crippen molar-refractivity contribution in [3.05, 3.63) is 48.0 Å². The van der Waals surface area contributed by atoms with Crippen molar-refractivity contribution in [1.82, 2.24) is 10.2 Å². The lowest BCUT2D eigenvalue weighted by molar-refractivity contribution is -0.140. The van der Waals surface area contributed by atoms with Crippen molar-refractivity contribution in [2.24, 2.45) is 0 Å². The highest BCUT2D eigenvalue weighted by Crippen LogP contribution is 2.34. The number of fused-ring (bicyclic) bond motifs is 1. The monoisotopic (exact) mass is 547 g/mol. The van der Waals surface area contributed by atoms with Crippen LogP contribution in [0, 0.1) is 0 Å². The van der Waals surface area contributed by atoms with E-state index in [0.29, 0.717) is 42.7 Å². The van der Waals surface area contributed by atoms with Gasteiger partial charge in [-0.1, -0.05) is 19.1 Å². The molecule has 0 saturated carbocycles. The van der Waals surface area contributed by atoms with Crippen molar-refractivity contribution in [2.75, 3.05) is 44.0 Å². The van der Waals surface area contributed by atoms with E-state index in [4.69, 9.17) is 14.2 Å². The van der Waals surface area contributed by atoms with Crippen LogP contribution in [0.1, 0.15) is 38.7 Å². The highest BCUT2D eigenvalue weighted by Gasteiger charge is 2.27. The third-order valence-electron chi connectivity index (χ3n) is 6.19. The second kappa shape index (κ2) is 13.4. The molecule has 0 fully saturated rings. The van der Waals surface area contributed by atoms with Crippen LogP contribution in [-0.4, -0.2) is 70.8 Å². The molecule has 2 amide bonds. The van der Waals surface area contributed by atoms with Crippen LogP contribution in [0.3, 0.4) is 0 Å². The Kier molecular flexibility index (Phi) is 10.2. The number of ether oxygens (including phenoxy) is 3. The van der Waals surface area contributed by atoms with E-state index in [-0.39, 0.29) is 37.7 Å². The summed E-state index contributed by atoms with van der Waals surface area (Å²) in [6.45, 7) is 5.33. The van der Waals surface area contributed by atoms with E-state index in [1.165, 1.54) is 9.21 Å². The lowest BCUT2D eigenvalue weighted by atomic mass is 10.1. The Bertz CT molecular complexity index is 1200. The molecule has 0 aromatic heterocycles. The van der Waals surface area contributed by atoms with Crippen LogP contribution in [0.15, 0.2) is 42.5 Å². The number of hydrogen-bond donors (Lipinski definition) is 1. The van der Waals surface area contributed by atoms with Gasteiger partial charge in [-0.3, -0.25) is 13.9 Å². The maximum atomic E-state index is 13.4. The van der Waals surface area contributed by atoms with Gasteiger partial charge in [-0.2, -0.15) is 0 Å². The number of benzene rings is 2. The van der Waals surface area contributed by atoms with E-state index in [1.54, 1.807) is 44.4 Å². The van der Waals surface area contributed by atoms with Gasteiger partial charge in [0.15, 0.2) is 11.5 Å². The van der Waals surface area contributed by atoms with E-state index in [1.807, 2.05) is 19.1 Å². The number of hydrogen-bond acceptors (Lipinski definition) is 7. The zero-order valence-electron chi connectivity index (χ0n) is 22.4. The largest absolute Gasteiger partial charge is 0.497 e. The Labute approximate surface area is 224 Å². The van der Waals surface area contributed by atoms with Crippen molar-refractivity contribution >= 4 is 27.5 Å². The summed E-state index contributed by atoms with van der Waals surface area (Å²) in [6, 6.07) is 11.6. The highest BCUT2D eigenvalue weighted by atomic mass is 32.2. The molecule has 0 aliphatic carbocycles. The first kappa shape index (κ1) is 29.1. The summed E-state index contributed by atoms with van der Waals surface area (Å²) in [6.07, 6.45) is 2.24. The number of nitrogens with one attached hydrogen (secondary N) is 1. The molecule has 0 radical (unpaired) electrons. The second-order valence-electron chi connectivity index (χ2n) is 9.10. The standard InChI is InChI=1S/C27H37N3O7S/c1-5-14-28-27(32)20(2)29(19-21-8-11-23(35-3)12-9-21)26(31)7-6-15-30(38(4,33)34)22-10-13-24-25(18-22)37-17-16-36-24/h8-13,18,20H,5-7,14-17,19H2,1-4H3,(H,28,32)/t20-/m0/s1. The zero-order chi connectivity index (χ0) is 27.7. The smallest absolute Gasteiger partial charge is 0.242 e. The van der Waals surface area contributed by atoms with Crippen molar-refractivity contribution in [2.45, 2.75) is 45.7 Å². The van der Waals surface area contributed by atoms with Crippen molar-refractivity contribution in [1.29, 1.82) is 0 Å². The molecular weight excluding hydrogens is 510 g/mol. The lowest BCUT2D eigenvalue weighted by Crippen LogP contribution is -2.47. The van der Waals surface area contributed by atoms with Gasteiger partial charge in [0.2, 0.25) is 21.8 Å². The van der Waals surface area contributed by atoms with Gasteiger partial charge in [-0.05, 0) is 49.6 Å². The first-order chi connectivity index (χ1) is 18.1.